The van der Waals surface area contributed by atoms with Crippen molar-refractivity contribution in [2.24, 2.45) is 12.0 Å². The number of amides is 1. The minimum atomic E-state index is -0.248. The van der Waals surface area contributed by atoms with Gasteiger partial charge in [0.1, 0.15) is 5.75 Å². The predicted molar refractivity (Wildman–Crippen MR) is 129 cm³/mol. The Kier molecular flexibility index (Phi) is 7.14. The summed E-state index contributed by atoms with van der Waals surface area (Å²) in [5, 5.41) is 10.6. The highest BCUT2D eigenvalue weighted by Crippen LogP contribution is 2.18. The number of aryl methyl sites for hydroxylation is 2. The maximum atomic E-state index is 13.0. The van der Waals surface area contributed by atoms with E-state index in [1.54, 1.807) is 13.2 Å². The molecule has 0 bridgehead atoms. The maximum absolute atomic E-state index is 13.0. The summed E-state index contributed by atoms with van der Waals surface area (Å²) in [4.78, 5) is 19.6. The van der Waals surface area contributed by atoms with Crippen LogP contribution in [-0.4, -0.2) is 42.9 Å². The van der Waals surface area contributed by atoms with Crippen molar-refractivity contribution >= 4 is 23.2 Å². The summed E-state index contributed by atoms with van der Waals surface area (Å²) >= 11 is 0. The summed E-state index contributed by atoms with van der Waals surface area (Å²) in [6.45, 7) is 4.35. The summed E-state index contributed by atoms with van der Waals surface area (Å²) in [7, 11) is 7.39. The Bertz CT molecular complexity index is 1130. The minimum Gasteiger partial charge on any atom is -0.497 e. The number of carbonyl (C=O) groups excluding carboxylic acids is 1. The van der Waals surface area contributed by atoms with Crippen molar-refractivity contribution in [1.82, 2.24) is 15.1 Å². The molecule has 1 amide bonds. The smallest absolute Gasteiger partial charge is 0.258 e. The van der Waals surface area contributed by atoms with Gasteiger partial charge in [-0.15, -0.1) is 0 Å². The summed E-state index contributed by atoms with van der Waals surface area (Å²) in [5.74, 6) is 0.807. The number of hydrogen-bond acceptors (Lipinski definition) is 5. The Labute approximate surface area is 188 Å². The zero-order chi connectivity index (χ0) is 23.3. The number of aromatic nitrogens is 2. The normalized spacial score (nSPS) is 11.2. The average molecular weight is 435 g/mol. The molecule has 32 heavy (non-hydrogen) atoms. The molecule has 0 radical (unpaired) electrons. The summed E-state index contributed by atoms with van der Waals surface area (Å²) in [5.41, 5.74) is 5.23. The first kappa shape index (κ1) is 22.9. The van der Waals surface area contributed by atoms with Crippen LogP contribution in [0.3, 0.4) is 0 Å². The first-order chi connectivity index (χ1) is 15.3. The number of hydrogen-bond donors (Lipinski definition) is 2. The van der Waals surface area contributed by atoms with Crippen LogP contribution >= 0.6 is 0 Å². The molecule has 0 atom stereocenters. The molecule has 0 aliphatic heterocycles. The van der Waals surface area contributed by atoms with E-state index in [1.165, 1.54) is 0 Å². The van der Waals surface area contributed by atoms with Crippen LogP contribution in [-0.2, 0) is 13.6 Å². The van der Waals surface area contributed by atoms with Gasteiger partial charge in [0.05, 0.1) is 19.3 Å². The SMILES string of the molecule is COc1cccc(NC(=NCc2c(C)nn(C)c2C)NC(=O)c2cccc(N(C)C)c2)c1. The molecule has 3 rings (SSSR count). The second-order valence-electron chi connectivity index (χ2n) is 7.69. The molecule has 1 aromatic heterocycles. The number of nitrogens with zero attached hydrogens (tertiary/aromatic N) is 4. The molecule has 1 heterocycles. The Hall–Kier alpha value is -3.81. The maximum Gasteiger partial charge on any atom is 0.258 e. The van der Waals surface area contributed by atoms with E-state index >= 15 is 0 Å². The van der Waals surface area contributed by atoms with E-state index < -0.39 is 0 Å². The van der Waals surface area contributed by atoms with Crippen LogP contribution in [0.15, 0.2) is 53.5 Å². The molecule has 0 aliphatic rings. The van der Waals surface area contributed by atoms with Crippen LogP contribution in [0.4, 0.5) is 11.4 Å². The van der Waals surface area contributed by atoms with Crippen LogP contribution in [0.5, 0.6) is 5.75 Å². The molecule has 168 valence electrons. The van der Waals surface area contributed by atoms with Gasteiger partial charge in [-0.3, -0.25) is 14.8 Å². The van der Waals surface area contributed by atoms with Gasteiger partial charge in [-0.25, -0.2) is 4.99 Å². The van der Waals surface area contributed by atoms with E-state index in [4.69, 9.17) is 4.74 Å². The third-order valence-corrected chi connectivity index (χ3v) is 5.24. The highest BCUT2D eigenvalue weighted by Gasteiger charge is 2.13. The van der Waals surface area contributed by atoms with Crippen molar-refractivity contribution in [3.8, 4) is 5.75 Å². The highest BCUT2D eigenvalue weighted by molar-refractivity contribution is 6.10. The van der Waals surface area contributed by atoms with Crippen molar-refractivity contribution in [2.75, 3.05) is 31.4 Å². The Morgan fingerprint density at radius 1 is 1.16 bits per heavy atom. The Morgan fingerprint density at radius 2 is 1.91 bits per heavy atom. The molecule has 8 heteroatoms. The average Bonchev–Trinajstić information content (AvgIpc) is 3.03. The second-order valence-corrected chi connectivity index (χ2v) is 7.69. The van der Waals surface area contributed by atoms with Crippen molar-refractivity contribution in [2.45, 2.75) is 20.4 Å². The standard InChI is InChI=1S/C24H30N6O2/c1-16-22(17(2)30(5)28-16)15-25-24(26-19-10-8-12-21(14-19)32-6)27-23(31)18-9-7-11-20(13-18)29(3)4/h7-14H,15H2,1-6H3,(H2,25,26,27,31). The number of ether oxygens (including phenoxy) is 1. The van der Waals surface area contributed by atoms with Crippen LogP contribution in [0.2, 0.25) is 0 Å². The van der Waals surface area contributed by atoms with Crippen LogP contribution in [0, 0.1) is 13.8 Å². The number of anilines is 2. The van der Waals surface area contributed by atoms with Crippen molar-refractivity contribution < 1.29 is 9.53 Å². The number of carbonyl (C=O) groups is 1. The van der Waals surface area contributed by atoms with Crippen molar-refractivity contribution in [3.63, 3.8) is 0 Å². The van der Waals surface area contributed by atoms with Gasteiger partial charge in [0, 0.05) is 55.4 Å². The molecular formula is C24H30N6O2. The molecule has 0 unspecified atom stereocenters. The van der Waals surface area contributed by atoms with Gasteiger partial charge in [-0.1, -0.05) is 12.1 Å². The zero-order valence-corrected chi connectivity index (χ0v) is 19.4. The molecule has 0 saturated heterocycles. The summed E-state index contributed by atoms with van der Waals surface area (Å²) in [6.07, 6.45) is 0. The van der Waals surface area contributed by atoms with E-state index in [0.29, 0.717) is 23.8 Å². The van der Waals surface area contributed by atoms with Crippen molar-refractivity contribution in [1.29, 1.82) is 0 Å². The fraction of sp³-hybridized carbons (Fsp3) is 0.292. The molecular weight excluding hydrogens is 404 g/mol. The number of rotatable bonds is 6. The highest BCUT2D eigenvalue weighted by atomic mass is 16.5. The molecule has 8 nitrogen and oxygen atoms in total. The Balaban J connectivity index is 1.88. The monoisotopic (exact) mass is 434 g/mol. The summed E-state index contributed by atoms with van der Waals surface area (Å²) < 4.78 is 7.14. The van der Waals surface area contributed by atoms with Gasteiger partial charge in [0.25, 0.3) is 5.91 Å². The van der Waals surface area contributed by atoms with Gasteiger partial charge in [-0.2, -0.15) is 5.10 Å². The molecule has 0 spiro atoms. The lowest BCUT2D eigenvalue weighted by molar-refractivity contribution is 0.0977. The molecule has 3 aromatic rings. The summed E-state index contributed by atoms with van der Waals surface area (Å²) in [6, 6.07) is 14.9. The number of guanidine groups is 1. The minimum absolute atomic E-state index is 0.248. The van der Waals surface area contributed by atoms with Gasteiger partial charge in [0.15, 0.2) is 0 Å². The lowest BCUT2D eigenvalue weighted by Crippen LogP contribution is -2.36. The van der Waals surface area contributed by atoms with Gasteiger partial charge in [0.2, 0.25) is 5.96 Å². The molecule has 0 fully saturated rings. The first-order valence-electron chi connectivity index (χ1n) is 10.3. The predicted octanol–water partition coefficient (Wildman–Crippen LogP) is 3.51. The molecule has 2 N–H and O–H groups in total. The first-order valence-corrected chi connectivity index (χ1v) is 10.3. The van der Waals surface area contributed by atoms with Crippen LogP contribution in [0.25, 0.3) is 0 Å². The third-order valence-electron chi connectivity index (χ3n) is 5.24. The van der Waals surface area contributed by atoms with E-state index in [-0.39, 0.29) is 5.91 Å². The van der Waals surface area contributed by atoms with E-state index in [1.807, 2.05) is 87.0 Å². The number of methoxy groups -OCH3 is 1. The van der Waals surface area contributed by atoms with E-state index in [2.05, 4.69) is 20.7 Å². The van der Waals surface area contributed by atoms with E-state index in [9.17, 15) is 4.79 Å². The molecule has 0 saturated carbocycles. The molecule has 0 aliphatic carbocycles. The zero-order valence-electron chi connectivity index (χ0n) is 19.4. The van der Waals surface area contributed by atoms with Crippen LogP contribution < -0.4 is 20.3 Å². The number of benzene rings is 2. The lowest BCUT2D eigenvalue weighted by atomic mass is 10.2. The van der Waals surface area contributed by atoms with Gasteiger partial charge < -0.3 is 15.0 Å². The quantitative estimate of drug-likeness (QED) is 0.458. The second kappa shape index (κ2) is 10.00. The fourth-order valence-electron chi connectivity index (χ4n) is 3.26. The third kappa shape index (κ3) is 5.46. The van der Waals surface area contributed by atoms with Crippen molar-refractivity contribution in [3.05, 3.63) is 71.0 Å². The van der Waals surface area contributed by atoms with Gasteiger partial charge >= 0.3 is 0 Å². The number of aliphatic imine (C=N–C) groups is 1. The Morgan fingerprint density at radius 3 is 2.56 bits per heavy atom. The van der Waals surface area contributed by atoms with Crippen LogP contribution in [0.1, 0.15) is 27.3 Å². The largest absolute Gasteiger partial charge is 0.497 e. The molecule has 2 aromatic carbocycles. The van der Waals surface area contributed by atoms with E-state index in [0.717, 1.165) is 28.3 Å². The fourth-order valence-corrected chi connectivity index (χ4v) is 3.26. The number of nitrogens with one attached hydrogen (secondary N) is 2. The topological polar surface area (TPSA) is 83.8 Å². The lowest BCUT2D eigenvalue weighted by Gasteiger charge is -2.15. The van der Waals surface area contributed by atoms with Gasteiger partial charge in [-0.05, 0) is 44.2 Å².